The van der Waals surface area contributed by atoms with E-state index in [9.17, 15) is 9.18 Å². The SMILES string of the molecule is COC(=O)c1ccc(OCC2CC2)cc1F. The highest BCUT2D eigenvalue weighted by molar-refractivity contribution is 5.89. The second-order valence-electron chi connectivity index (χ2n) is 3.89. The average molecular weight is 224 g/mol. The fourth-order valence-corrected chi connectivity index (χ4v) is 1.36. The minimum Gasteiger partial charge on any atom is -0.493 e. The van der Waals surface area contributed by atoms with Crippen molar-refractivity contribution < 1.29 is 18.7 Å². The van der Waals surface area contributed by atoms with Crippen LogP contribution >= 0.6 is 0 Å². The van der Waals surface area contributed by atoms with Crippen molar-refractivity contribution in [2.45, 2.75) is 12.8 Å². The quantitative estimate of drug-likeness (QED) is 0.737. The van der Waals surface area contributed by atoms with E-state index in [0.29, 0.717) is 18.3 Å². The summed E-state index contributed by atoms with van der Waals surface area (Å²) in [4.78, 5) is 11.1. The van der Waals surface area contributed by atoms with Crippen molar-refractivity contribution in [1.29, 1.82) is 0 Å². The summed E-state index contributed by atoms with van der Waals surface area (Å²) in [5, 5.41) is 0. The predicted molar refractivity (Wildman–Crippen MR) is 56.0 cm³/mol. The summed E-state index contributed by atoms with van der Waals surface area (Å²) in [7, 11) is 1.22. The molecule has 86 valence electrons. The van der Waals surface area contributed by atoms with Crippen molar-refractivity contribution >= 4 is 5.97 Å². The molecule has 1 fully saturated rings. The van der Waals surface area contributed by atoms with Crippen LogP contribution in [0.25, 0.3) is 0 Å². The fourth-order valence-electron chi connectivity index (χ4n) is 1.36. The fraction of sp³-hybridized carbons (Fsp3) is 0.417. The molecule has 1 aliphatic rings. The van der Waals surface area contributed by atoms with Gasteiger partial charge in [0.2, 0.25) is 0 Å². The Balaban J connectivity index is 2.05. The van der Waals surface area contributed by atoms with Gasteiger partial charge in [0.05, 0.1) is 19.3 Å². The van der Waals surface area contributed by atoms with E-state index in [-0.39, 0.29) is 5.56 Å². The lowest BCUT2D eigenvalue weighted by molar-refractivity contribution is 0.0595. The minimum atomic E-state index is -0.675. The van der Waals surface area contributed by atoms with Gasteiger partial charge in [-0.25, -0.2) is 9.18 Å². The topological polar surface area (TPSA) is 35.5 Å². The maximum atomic E-state index is 13.4. The van der Waals surface area contributed by atoms with Gasteiger partial charge in [-0.3, -0.25) is 0 Å². The van der Waals surface area contributed by atoms with Crippen molar-refractivity contribution in [1.82, 2.24) is 0 Å². The molecule has 1 aromatic rings. The normalized spacial score (nSPS) is 14.6. The van der Waals surface area contributed by atoms with Gasteiger partial charge in [0.15, 0.2) is 0 Å². The lowest BCUT2D eigenvalue weighted by atomic mass is 10.2. The monoisotopic (exact) mass is 224 g/mol. The van der Waals surface area contributed by atoms with Gasteiger partial charge in [0.25, 0.3) is 0 Å². The first-order chi connectivity index (χ1) is 7.70. The number of esters is 1. The zero-order valence-corrected chi connectivity index (χ0v) is 9.03. The Morgan fingerprint density at radius 3 is 2.81 bits per heavy atom. The number of rotatable bonds is 4. The van der Waals surface area contributed by atoms with E-state index >= 15 is 0 Å². The van der Waals surface area contributed by atoms with Gasteiger partial charge in [-0.1, -0.05) is 0 Å². The summed E-state index contributed by atoms with van der Waals surface area (Å²) in [6, 6.07) is 4.18. The van der Waals surface area contributed by atoms with E-state index in [1.54, 1.807) is 6.07 Å². The van der Waals surface area contributed by atoms with Gasteiger partial charge < -0.3 is 9.47 Å². The molecule has 0 bridgehead atoms. The zero-order valence-electron chi connectivity index (χ0n) is 9.03. The highest BCUT2D eigenvalue weighted by Crippen LogP contribution is 2.29. The van der Waals surface area contributed by atoms with Gasteiger partial charge >= 0.3 is 5.97 Å². The third-order valence-electron chi connectivity index (χ3n) is 2.53. The number of halogens is 1. The third kappa shape index (κ3) is 2.51. The van der Waals surface area contributed by atoms with Crippen molar-refractivity contribution in [2.75, 3.05) is 13.7 Å². The molecule has 0 amide bonds. The Hall–Kier alpha value is -1.58. The molecule has 0 atom stereocenters. The summed E-state index contributed by atoms with van der Waals surface area (Å²) < 4.78 is 23.3. The Morgan fingerprint density at radius 2 is 2.25 bits per heavy atom. The van der Waals surface area contributed by atoms with Crippen LogP contribution in [0.3, 0.4) is 0 Å². The lowest BCUT2D eigenvalue weighted by Gasteiger charge is -2.06. The molecule has 0 saturated heterocycles. The van der Waals surface area contributed by atoms with Crippen LogP contribution in [0.2, 0.25) is 0 Å². The molecule has 0 radical (unpaired) electrons. The minimum absolute atomic E-state index is 0.0683. The molecule has 0 spiro atoms. The maximum Gasteiger partial charge on any atom is 0.340 e. The van der Waals surface area contributed by atoms with Crippen LogP contribution < -0.4 is 4.74 Å². The van der Waals surface area contributed by atoms with Gasteiger partial charge in [-0.2, -0.15) is 0 Å². The Morgan fingerprint density at radius 1 is 1.50 bits per heavy atom. The second kappa shape index (κ2) is 4.51. The first kappa shape index (κ1) is 10.9. The van der Waals surface area contributed by atoms with Crippen molar-refractivity contribution in [3.05, 3.63) is 29.6 Å². The van der Waals surface area contributed by atoms with Gasteiger partial charge in [-0.05, 0) is 30.9 Å². The number of ether oxygens (including phenoxy) is 2. The van der Waals surface area contributed by atoms with Crippen molar-refractivity contribution in [3.63, 3.8) is 0 Å². The summed E-state index contributed by atoms with van der Waals surface area (Å²) >= 11 is 0. The Kier molecular flexibility index (Phi) is 3.08. The van der Waals surface area contributed by atoms with Crippen LogP contribution in [-0.4, -0.2) is 19.7 Å². The molecule has 4 heteroatoms. The van der Waals surface area contributed by atoms with E-state index < -0.39 is 11.8 Å². The maximum absolute atomic E-state index is 13.4. The molecule has 0 heterocycles. The largest absolute Gasteiger partial charge is 0.493 e. The van der Waals surface area contributed by atoms with Crippen LogP contribution in [0, 0.1) is 11.7 Å². The van der Waals surface area contributed by atoms with E-state index in [2.05, 4.69) is 4.74 Å². The molecule has 0 unspecified atom stereocenters. The molecule has 0 aliphatic heterocycles. The van der Waals surface area contributed by atoms with Gasteiger partial charge in [-0.15, -0.1) is 0 Å². The first-order valence-electron chi connectivity index (χ1n) is 5.21. The lowest BCUT2D eigenvalue weighted by Crippen LogP contribution is -2.05. The summed E-state index contributed by atoms with van der Waals surface area (Å²) in [6.07, 6.45) is 2.37. The Labute approximate surface area is 93.2 Å². The number of carbonyl (C=O) groups excluding carboxylic acids is 1. The molecule has 1 aromatic carbocycles. The number of benzene rings is 1. The first-order valence-corrected chi connectivity index (χ1v) is 5.21. The van der Waals surface area contributed by atoms with Gasteiger partial charge in [0.1, 0.15) is 11.6 Å². The van der Waals surface area contributed by atoms with Crippen LogP contribution in [0.5, 0.6) is 5.75 Å². The number of methoxy groups -OCH3 is 1. The van der Waals surface area contributed by atoms with Crippen molar-refractivity contribution in [3.8, 4) is 5.75 Å². The standard InChI is InChI=1S/C12H13FO3/c1-15-12(14)10-5-4-9(6-11(10)13)16-7-8-2-3-8/h4-6,8H,2-3,7H2,1H3. The highest BCUT2D eigenvalue weighted by Gasteiger charge is 2.22. The second-order valence-corrected chi connectivity index (χ2v) is 3.89. The molecular weight excluding hydrogens is 211 g/mol. The molecule has 3 nitrogen and oxygen atoms in total. The van der Waals surface area contributed by atoms with E-state index in [1.807, 2.05) is 0 Å². The van der Waals surface area contributed by atoms with Crippen molar-refractivity contribution in [2.24, 2.45) is 5.92 Å². The van der Waals surface area contributed by atoms with Crippen LogP contribution in [-0.2, 0) is 4.74 Å². The van der Waals surface area contributed by atoms with E-state index in [4.69, 9.17) is 4.74 Å². The molecule has 0 aromatic heterocycles. The number of carbonyl (C=O) groups is 1. The molecular formula is C12H13FO3. The number of hydrogen-bond acceptors (Lipinski definition) is 3. The molecule has 1 saturated carbocycles. The summed E-state index contributed by atoms with van der Waals surface area (Å²) in [5.74, 6) is -0.216. The van der Waals surface area contributed by atoms with Crippen LogP contribution in [0.1, 0.15) is 23.2 Å². The number of hydrogen-bond donors (Lipinski definition) is 0. The third-order valence-corrected chi connectivity index (χ3v) is 2.53. The van der Waals surface area contributed by atoms with Gasteiger partial charge in [0, 0.05) is 6.07 Å². The summed E-state index contributed by atoms with van der Waals surface area (Å²) in [5.41, 5.74) is -0.0683. The Bertz CT molecular complexity index is 399. The highest BCUT2D eigenvalue weighted by atomic mass is 19.1. The molecule has 1 aliphatic carbocycles. The molecule has 0 N–H and O–H groups in total. The van der Waals surface area contributed by atoms with Crippen LogP contribution in [0.15, 0.2) is 18.2 Å². The zero-order chi connectivity index (χ0) is 11.5. The average Bonchev–Trinajstić information content (AvgIpc) is 3.09. The predicted octanol–water partition coefficient (Wildman–Crippen LogP) is 2.40. The smallest absolute Gasteiger partial charge is 0.340 e. The molecule has 16 heavy (non-hydrogen) atoms. The van der Waals surface area contributed by atoms with E-state index in [0.717, 1.165) is 0 Å². The van der Waals surface area contributed by atoms with Crippen LogP contribution in [0.4, 0.5) is 4.39 Å². The van der Waals surface area contributed by atoms with E-state index in [1.165, 1.54) is 32.1 Å². The summed E-state index contributed by atoms with van der Waals surface area (Å²) in [6.45, 7) is 0.622. The molecule has 2 rings (SSSR count).